The minimum absolute atomic E-state index is 0.170. The molecule has 28 heavy (non-hydrogen) atoms. The van der Waals surface area contributed by atoms with Crippen LogP contribution in [0.15, 0.2) is 34.8 Å². The van der Waals surface area contributed by atoms with Crippen LogP contribution >= 0.6 is 0 Å². The molecule has 0 aliphatic rings. The van der Waals surface area contributed by atoms with E-state index < -0.39 is 0 Å². The third-order valence-corrected chi connectivity index (χ3v) is 4.82. The zero-order valence-electron chi connectivity index (χ0n) is 17.9. The van der Waals surface area contributed by atoms with Gasteiger partial charge in [0.2, 0.25) is 5.75 Å². The molecule has 5 heteroatoms. The van der Waals surface area contributed by atoms with Gasteiger partial charge in [-0.05, 0) is 44.0 Å². The predicted molar refractivity (Wildman–Crippen MR) is 118 cm³/mol. The molecule has 1 heterocycles. The van der Waals surface area contributed by atoms with Gasteiger partial charge in [-0.3, -0.25) is 4.79 Å². The molecule has 0 fully saturated rings. The Hall–Kier alpha value is -2.43. The lowest BCUT2D eigenvalue weighted by atomic mass is 10.1. The fourth-order valence-corrected chi connectivity index (χ4v) is 3.02. The van der Waals surface area contributed by atoms with E-state index in [1.54, 1.807) is 11.6 Å². The van der Waals surface area contributed by atoms with Gasteiger partial charge in [-0.15, -0.1) is 0 Å². The number of benzene rings is 1. The summed E-state index contributed by atoms with van der Waals surface area (Å²) in [4.78, 5) is 13.0. The van der Waals surface area contributed by atoms with E-state index in [0.29, 0.717) is 18.1 Å². The number of anilines is 1. The maximum Gasteiger partial charge on any atom is 0.297 e. The number of aryl methyl sites for hydroxylation is 1. The van der Waals surface area contributed by atoms with Gasteiger partial charge in [-0.2, -0.15) is 0 Å². The molecule has 1 N–H and O–H groups in total. The number of hydrogen-bond acceptors (Lipinski definition) is 4. The Balaban J connectivity index is 2.58. The minimum atomic E-state index is -0.170. The van der Waals surface area contributed by atoms with Crippen molar-refractivity contribution in [2.24, 2.45) is 7.05 Å². The zero-order chi connectivity index (χ0) is 20.5. The van der Waals surface area contributed by atoms with Crippen molar-refractivity contribution in [1.82, 2.24) is 4.57 Å². The summed E-state index contributed by atoms with van der Waals surface area (Å²) in [7, 11) is 1.79. The van der Waals surface area contributed by atoms with E-state index in [1.165, 1.54) is 0 Å². The highest BCUT2D eigenvalue weighted by atomic mass is 16.5. The van der Waals surface area contributed by atoms with E-state index in [2.05, 4.69) is 19.2 Å². The Kier molecular flexibility index (Phi) is 8.42. The molecule has 2 rings (SSSR count). The fourth-order valence-electron chi connectivity index (χ4n) is 3.02. The van der Waals surface area contributed by atoms with E-state index >= 15 is 0 Å². The van der Waals surface area contributed by atoms with E-state index in [4.69, 9.17) is 9.47 Å². The number of rotatable bonds is 11. The molecule has 0 unspecified atom stereocenters. The molecular formula is C23H34N2O3. The normalized spacial score (nSPS) is 11.7. The van der Waals surface area contributed by atoms with E-state index in [1.807, 2.05) is 38.1 Å². The lowest BCUT2D eigenvalue weighted by Gasteiger charge is -2.18. The summed E-state index contributed by atoms with van der Waals surface area (Å²) in [6.45, 7) is 9.66. The largest absolute Gasteiger partial charge is 0.485 e. The van der Waals surface area contributed by atoms with Crippen LogP contribution in [0.4, 0.5) is 5.69 Å². The van der Waals surface area contributed by atoms with Gasteiger partial charge in [0.25, 0.3) is 5.56 Å². The second-order valence-electron chi connectivity index (χ2n) is 6.95. The number of hydrogen-bond donors (Lipinski definition) is 1. The maximum atomic E-state index is 13.0. The number of allylic oxidation sites excluding steroid dienone is 2. The van der Waals surface area contributed by atoms with Gasteiger partial charge in [0, 0.05) is 31.1 Å². The van der Waals surface area contributed by atoms with Crippen LogP contribution < -0.4 is 20.3 Å². The van der Waals surface area contributed by atoms with Crippen molar-refractivity contribution in [2.45, 2.75) is 59.8 Å². The number of nitrogens with one attached hydrogen (secondary N) is 1. The first kappa shape index (κ1) is 21.9. The number of ether oxygens (including phenoxy) is 2. The van der Waals surface area contributed by atoms with Crippen LogP contribution in [0.5, 0.6) is 11.5 Å². The van der Waals surface area contributed by atoms with Crippen molar-refractivity contribution in [3.8, 4) is 11.5 Å². The molecule has 154 valence electrons. The lowest BCUT2D eigenvalue weighted by molar-refractivity contribution is 0.284. The number of fused-ring (bicyclic) bond motifs is 1. The SMILES string of the molecule is CC=C(CC)Oc1c(OCCCC)c(=O)n(C)c2cc(NCCCC)ccc12. The highest BCUT2D eigenvalue weighted by Gasteiger charge is 2.19. The van der Waals surface area contributed by atoms with Crippen molar-refractivity contribution in [3.63, 3.8) is 0 Å². The zero-order valence-corrected chi connectivity index (χ0v) is 17.9. The van der Waals surface area contributed by atoms with Crippen LogP contribution in [0.25, 0.3) is 10.9 Å². The summed E-state index contributed by atoms with van der Waals surface area (Å²) in [5.41, 5.74) is 1.66. The van der Waals surface area contributed by atoms with Gasteiger partial charge in [-0.25, -0.2) is 0 Å². The molecule has 0 aliphatic heterocycles. The van der Waals surface area contributed by atoms with Gasteiger partial charge >= 0.3 is 0 Å². The Morgan fingerprint density at radius 3 is 2.54 bits per heavy atom. The van der Waals surface area contributed by atoms with Crippen LogP contribution in [-0.4, -0.2) is 17.7 Å². The first-order valence-corrected chi connectivity index (χ1v) is 10.4. The fraction of sp³-hybridized carbons (Fsp3) is 0.522. The Morgan fingerprint density at radius 2 is 1.89 bits per heavy atom. The third kappa shape index (κ3) is 5.09. The molecule has 0 amide bonds. The van der Waals surface area contributed by atoms with Gasteiger partial charge < -0.3 is 19.4 Å². The monoisotopic (exact) mass is 386 g/mol. The van der Waals surface area contributed by atoms with Crippen LogP contribution in [0.2, 0.25) is 0 Å². The first-order chi connectivity index (χ1) is 13.6. The van der Waals surface area contributed by atoms with Gasteiger partial charge in [0.1, 0.15) is 0 Å². The average Bonchev–Trinajstić information content (AvgIpc) is 2.71. The van der Waals surface area contributed by atoms with E-state index in [9.17, 15) is 4.79 Å². The summed E-state index contributed by atoms with van der Waals surface area (Å²) < 4.78 is 13.7. The number of pyridine rings is 1. The Bertz CT molecular complexity index is 868. The molecule has 0 aliphatic carbocycles. The predicted octanol–water partition coefficient (Wildman–Crippen LogP) is 5.62. The second kappa shape index (κ2) is 10.8. The highest BCUT2D eigenvalue weighted by molar-refractivity contribution is 5.90. The molecule has 0 saturated heterocycles. The lowest BCUT2D eigenvalue weighted by Crippen LogP contribution is -2.21. The van der Waals surface area contributed by atoms with Gasteiger partial charge in [0.05, 0.1) is 17.9 Å². The summed E-state index contributed by atoms with van der Waals surface area (Å²) in [5.74, 6) is 1.63. The van der Waals surface area contributed by atoms with Crippen LogP contribution in [-0.2, 0) is 7.05 Å². The third-order valence-electron chi connectivity index (χ3n) is 4.82. The Morgan fingerprint density at radius 1 is 1.14 bits per heavy atom. The highest BCUT2D eigenvalue weighted by Crippen LogP contribution is 2.35. The summed E-state index contributed by atoms with van der Waals surface area (Å²) in [6, 6.07) is 6.05. The van der Waals surface area contributed by atoms with Crippen LogP contribution in [0, 0.1) is 0 Å². The number of nitrogens with zero attached hydrogens (tertiary/aromatic N) is 1. The van der Waals surface area contributed by atoms with Crippen LogP contribution in [0.1, 0.15) is 59.8 Å². The first-order valence-electron chi connectivity index (χ1n) is 10.4. The molecule has 0 atom stereocenters. The quantitative estimate of drug-likeness (QED) is 0.402. The summed E-state index contributed by atoms with van der Waals surface area (Å²) >= 11 is 0. The van der Waals surface area contributed by atoms with Gasteiger partial charge in [-0.1, -0.05) is 33.6 Å². The average molecular weight is 387 g/mol. The second-order valence-corrected chi connectivity index (χ2v) is 6.95. The Labute approximate surface area is 168 Å². The van der Waals surface area contributed by atoms with Crippen molar-refractivity contribution in [3.05, 3.63) is 40.4 Å². The minimum Gasteiger partial charge on any atom is -0.485 e. The summed E-state index contributed by atoms with van der Waals surface area (Å²) in [6.07, 6.45) is 6.82. The molecule has 1 aromatic heterocycles. The molecule has 0 bridgehead atoms. The molecule has 0 radical (unpaired) electrons. The summed E-state index contributed by atoms with van der Waals surface area (Å²) in [5, 5.41) is 4.30. The van der Waals surface area contributed by atoms with Crippen molar-refractivity contribution in [2.75, 3.05) is 18.5 Å². The van der Waals surface area contributed by atoms with Crippen LogP contribution in [0.3, 0.4) is 0 Å². The molecule has 0 saturated carbocycles. The topological polar surface area (TPSA) is 52.5 Å². The smallest absolute Gasteiger partial charge is 0.297 e. The van der Waals surface area contributed by atoms with E-state index in [-0.39, 0.29) is 5.56 Å². The number of aromatic nitrogens is 1. The van der Waals surface area contributed by atoms with Gasteiger partial charge in [0.15, 0.2) is 5.75 Å². The van der Waals surface area contributed by atoms with E-state index in [0.717, 1.165) is 61.0 Å². The number of unbranched alkanes of at least 4 members (excludes halogenated alkanes) is 2. The standard InChI is InChI=1S/C23H34N2O3/c1-6-10-14-24-17-12-13-19-20(16-17)25(5)23(26)22(27-15-11-7-2)21(19)28-18(8-3)9-4/h8,12-13,16,24H,6-7,9-11,14-15H2,1-5H3. The molecule has 5 nitrogen and oxygen atoms in total. The molecule has 2 aromatic rings. The molecule has 1 aromatic carbocycles. The van der Waals surface area contributed by atoms with Crippen molar-refractivity contribution >= 4 is 16.6 Å². The molecule has 0 spiro atoms. The molecular weight excluding hydrogens is 352 g/mol. The maximum absolute atomic E-state index is 13.0. The van der Waals surface area contributed by atoms with Crippen molar-refractivity contribution < 1.29 is 9.47 Å². The van der Waals surface area contributed by atoms with Crippen molar-refractivity contribution in [1.29, 1.82) is 0 Å².